The van der Waals surface area contributed by atoms with Gasteiger partial charge in [0, 0.05) is 43.5 Å². The number of likely N-dealkylation sites (tertiary alicyclic amines) is 1. The third-order valence-corrected chi connectivity index (χ3v) is 9.98. The number of piperidine rings is 1. The first kappa shape index (κ1) is 25.9. The fraction of sp³-hybridized carbons (Fsp3) is 0.440. The van der Waals surface area contributed by atoms with Gasteiger partial charge in [-0.2, -0.15) is 0 Å². The number of benzene rings is 2. The molecule has 0 spiro atoms. The van der Waals surface area contributed by atoms with Gasteiger partial charge in [-0.1, -0.05) is 23.7 Å². The summed E-state index contributed by atoms with van der Waals surface area (Å²) in [6.07, 6.45) is 0.903. The van der Waals surface area contributed by atoms with Gasteiger partial charge in [-0.25, -0.2) is 8.42 Å². The maximum absolute atomic E-state index is 12.9. The molecule has 1 amide bonds. The predicted octanol–water partition coefficient (Wildman–Crippen LogP) is 4.05. The number of aliphatic hydroxyl groups is 1. The molecule has 4 rings (SSSR count). The van der Waals surface area contributed by atoms with E-state index >= 15 is 0 Å². The lowest BCUT2D eigenvalue weighted by Gasteiger charge is -2.32. The van der Waals surface area contributed by atoms with Gasteiger partial charge in [0.2, 0.25) is 5.91 Å². The molecular weight excluding hydrogens is 506 g/mol. The molecule has 0 saturated carbocycles. The van der Waals surface area contributed by atoms with E-state index in [2.05, 4.69) is 4.99 Å². The number of fused-ring (bicyclic) bond motifs is 1. The van der Waals surface area contributed by atoms with Crippen molar-refractivity contribution in [2.24, 2.45) is 12.0 Å². The number of hydrogen-bond acceptors (Lipinski definition) is 6. The Morgan fingerprint density at radius 1 is 1.20 bits per heavy atom. The molecule has 1 aromatic heterocycles. The first-order valence-electron chi connectivity index (χ1n) is 11.6. The number of sulfone groups is 1. The Balaban J connectivity index is 1.39. The van der Waals surface area contributed by atoms with Crippen LogP contribution in [0.15, 0.2) is 46.3 Å². The van der Waals surface area contributed by atoms with Crippen molar-refractivity contribution < 1.29 is 18.3 Å². The van der Waals surface area contributed by atoms with Crippen LogP contribution >= 0.6 is 22.9 Å². The molecule has 10 heteroatoms. The minimum atomic E-state index is -3.59. The summed E-state index contributed by atoms with van der Waals surface area (Å²) < 4.78 is 27.7. The minimum Gasteiger partial charge on any atom is -0.387 e. The molecule has 7 nitrogen and oxygen atoms in total. The number of aromatic nitrogens is 1. The second-order valence-electron chi connectivity index (χ2n) is 8.97. The predicted molar refractivity (Wildman–Crippen MR) is 140 cm³/mol. The van der Waals surface area contributed by atoms with Crippen molar-refractivity contribution in [3.8, 4) is 0 Å². The van der Waals surface area contributed by atoms with Crippen molar-refractivity contribution >= 4 is 49.5 Å². The van der Waals surface area contributed by atoms with Gasteiger partial charge in [-0.05, 0) is 60.7 Å². The molecule has 2 heterocycles. The lowest BCUT2D eigenvalue weighted by molar-refractivity contribution is -0.131. The molecular formula is C25H30ClN3O4S2. The summed E-state index contributed by atoms with van der Waals surface area (Å²) >= 11 is 7.60. The highest BCUT2D eigenvalue weighted by molar-refractivity contribution is 7.91. The number of nitrogens with zero attached hydrogens (tertiary/aromatic N) is 3. The summed E-state index contributed by atoms with van der Waals surface area (Å²) in [6, 6.07) is 10.3. The second-order valence-corrected chi connectivity index (χ2v) is 12.5. The van der Waals surface area contributed by atoms with Crippen LogP contribution in [0.1, 0.15) is 48.8 Å². The molecule has 0 radical (unpaired) electrons. The largest absolute Gasteiger partial charge is 0.387 e. The quantitative estimate of drug-likeness (QED) is 0.515. The van der Waals surface area contributed by atoms with E-state index < -0.39 is 15.9 Å². The van der Waals surface area contributed by atoms with E-state index in [1.807, 2.05) is 11.6 Å². The lowest BCUT2D eigenvalue weighted by Crippen LogP contribution is -2.38. The van der Waals surface area contributed by atoms with Gasteiger partial charge < -0.3 is 14.6 Å². The first-order valence-corrected chi connectivity index (χ1v) is 14.5. The summed E-state index contributed by atoms with van der Waals surface area (Å²) in [5.41, 5.74) is 0.879. The Morgan fingerprint density at radius 3 is 2.51 bits per heavy atom. The van der Waals surface area contributed by atoms with Crippen LogP contribution in [0.5, 0.6) is 0 Å². The fourth-order valence-corrected chi connectivity index (χ4v) is 7.52. The highest BCUT2D eigenvalue weighted by atomic mass is 35.5. The fourth-order valence-electron chi connectivity index (χ4n) is 4.74. The highest BCUT2D eigenvalue weighted by Crippen LogP contribution is 2.35. The number of carbonyl (C=O) groups excluding carboxylic acids is 1. The number of carbonyl (C=O) groups is 1. The molecule has 1 aliphatic heterocycles. The average Bonchev–Trinajstić information content (AvgIpc) is 3.18. The van der Waals surface area contributed by atoms with Gasteiger partial charge >= 0.3 is 0 Å². The standard InChI is InChI=1S/C25H30ClN3O4S2/c1-16(30)23-24(34-25(27-2)28(23)3)17-8-11-29(12-9-17)22(31)10-13-35(32,33)21-7-5-18-14-20(26)6-4-19(18)15-21/h4-7,14-17,30H,8-13H2,1-3H3. The lowest BCUT2D eigenvalue weighted by atomic mass is 9.93. The van der Waals surface area contributed by atoms with Crippen LogP contribution in [0.25, 0.3) is 10.8 Å². The molecule has 0 bridgehead atoms. The number of amides is 1. The van der Waals surface area contributed by atoms with E-state index in [0.29, 0.717) is 18.1 Å². The number of halogens is 1. The molecule has 1 unspecified atom stereocenters. The Kier molecular flexibility index (Phi) is 7.71. The van der Waals surface area contributed by atoms with E-state index in [9.17, 15) is 18.3 Å². The summed E-state index contributed by atoms with van der Waals surface area (Å²) in [7, 11) is 0.0620. The van der Waals surface area contributed by atoms with Crippen LogP contribution in [-0.2, 0) is 21.7 Å². The third-order valence-electron chi connectivity index (χ3n) is 6.62. The van der Waals surface area contributed by atoms with E-state index in [0.717, 1.165) is 39.0 Å². The van der Waals surface area contributed by atoms with Gasteiger partial charge in [0.25, 0.3) is 0 Å². The molecule has 2 aromatic carbocycles. The van der Waals surface area contributed by atoms with E-state index in [1.165, 1.54) is 0 Å². The van der Waals surface area contributed by atoms with Crippen molar-refractivity contribution in [1.82, 2.24) is 9.47 Å². The van der Waals surface area contributed by atoms with Crippen LogP contribution in [0.4, 0.5) is 0 Å². The van der Waals surface area contributed by atoms with Crippen LogP contribution in [-0.4, -0.2) is 54.8 Å². The van der Waals surface area contributed by atoms with Crippen molar-refractivity contribution in [1.29, 1.82) is 0 Å². The molecule has 0 aliphatic carbocycles. The molecule has 1 aliphatic rings. The van der Waals surface area contributed by atoms with Crippen molar-refractivity contribution in [3.63, 3.8) is 0 Å². The van der Waals surface area contributed by atoms with Gasteiger partial charge in [-0.3, -0.25) is 9.79 Å². The van der Waals surface area contributed by atoms with Gasteiger partial charge in [-0.15, -0.1) is 11.3 Å². The Morgan fingerprint density at radius 2 is 1.86 bits per heavy atom. The normalized spacial score (nSPS) is 16.7. The molecule has 188 valence electrons. The molecule has 35 heavy (non-hydrogen) atoms. The van der Waals surface area contributed by atoms with Crippen molar-refractivity contribution in [3.05, 3.63) is 56.8 Å². The summed E-state index contributed by atoms with van der Waals surface area (Å²) in [4.78, 5) is 21.1. The molecule has 1 N–H and O–H groups in total. The Hall–Kier alpha value is -2.20. The summed E-state index contributed by atoms with van der Waals surface area (Å²) in [5, 5.41) is 12.6. The van der Waals surface area contributed by atoms with Crippen LogP contribution in [0.2, 0.25) is 5.02 Å². The van der Waals surface area contributed by atoms with Crippen molar-refractivity contribution in [2.45, 2.75) is 43.1 Å². The first-order chi connectivity index (χ1) is 16.6. The van der Waals surface area contributed by atoms with Crippen molar-refractivity contribution in [2.75, 3.05) is 25.9 Å². The van der Waals surface area contributed by atoms with E-state index in [-0.39, 0.29) is 28.9 Å². The number of rotatable bonds is 6. The molecule has 3 aromatic rings. The minimum absolute atomic E-state index is 0.0442. The SMILES string of the molecule is CN=c1sc(C2CCN(C(=O)CCS(=O)(=O)c3ccc4cc(Cl)ccc4c3)CC2)c(C(C)O)n1C. The number of aliphatic hydroxyl groups excluding tert-OH is 1. The highest BCUT2D eigenvalue weighted by Gasteiger charge is 2.29. The number of thiazole rings is 1. The van der Waals surface area contributed by atoms with E-state index in [4.69, 9.17) is 11.6 Å². The smallest absolute Gasteiger partial charge is 0.223 e. The maximum atomic E-state index is 12.9. The van der Waals surface area contributed by atoms with Gasteiger partial charge in [0.1, 0.15) is 0 Å². The van der Waals surface area contributed by atoms with E-state index in [1.54, 1.807) is 66.6 Å². The zero-order chi connectivity index (χ0) is 25.3. The molecule has 1 saturated heterocycles. The van der Waals surface area contributed by atoms with Crippen LogP contribution in [0.3, 0.4) is 0 Å². The van der Waals surface area contributed by atoms with Gasteiger partial charge in [0.05, 0.1) is 22.4 Å². The Labute approximate surface area is 214 Å². The topological polar surface area (TPSA) is 92.0 Å². The third kappa shape index (κ3) is 5.48. The summed E-state index contributed by atoms with van der Waals surface area (Å²) in [6.45, 7) is 2.90. The monoisotopic (exact) mass is 535 g/mol. The van der Waals surface area contributed by atoms with Crippen LogP contribution in [0, 0.1) is 0 Å². The zero-order valence-electron chi connectivity index (χ0n) is 20.1. The van der Waals surface area contributed by atoms with Gasteiger partial charge in [0.15, 0.2) is 14.6 Å². The average molecular weight is 536 g/mol. The second kappa shape index (κ2) is 10.4. The summed E-state index contributed by atoms with van der Waals surface area (Å²) in [5.74, 6) is -0.124. The number of hydrogen-bond donors (Lipinski definition) is 1. The molecule has 1 atom stereocenters. The zero-order valence-corrected chi connectivity index (χ0v) is 22.5. The molecule has 1 fully saturated rings. The van der Waals surface area contributed by atoms with Crippen LogP contribution < -0.4 is 4.80 Å². The maximum Gasteiger partial charge on any atom is 0.223 e. The Bertz CT molecular complexity index is 1420.